The van der Waals surface area contributed by atoms with E-state index in [4.69, 9.17) is 16.3 Å². The first-order valence-corrected chi connectivity index (χ1v) is 9.12. The zero-order valence-corrected chi connectivity index (χ0v) is 15.9. The Labute approximate surface area is 155 Å². The lowest BCUT2D eigenvalue weighted by atomic mass is 10.2. The number of nitrogens with zero attached hydrogens (tertiary/aromatic N) is 6. The second kappa shape index (κ2) is 7.99. The van der Waals surface area contributed by atoms with Gasteiger partial charge in [0.2, 0.25) is 0 Å². The lowest BCUT2D eigenvalue weighted by Gasteiger charge is -2.09. The van der Waals surface area contributed by atoms with Crippen molar-refractivity contribution in [2.75, 3.05) is 13.7 Å². The summed E-state index contributed by atoms with van der Waals surface area (Å²) in [5.74, 6) is 2.21. The van der Waals surface area contributed by atoms with Gasteiger partial charge < -0.3 is 9.30 Å². The molecule has 0 spiro atoms. The summed E-state index contributed by atoms with van der Waals surface area (Å²) < 4.78 is 8.87. The van der Waals surface area contributed by atoms with Gasteiger partial charge in [0, 0.05) is 25.6 Å². The van der Waals surface area contributed by atoms with E-state index < -0.39 is 0 Å². The minimum absolute atomic E-state index is 0.578. The molecular formula is C16H19ClN6OS. The Kier molecular flexibility index (Phi) is 5.72. The van der Waals surface area contributed by atoms with Crippen molar-refractivity contribution in [1.82, 2.24) is 29.5 Å². The third-order valence-corrected chi connectivity index (χ3v) is 5.16. The average Bonchev–Trinajstić information content (AvgIpc) is 3.19. The standard InChI is InChI=1S/C16H19ClN6OS/c1-11-12(17)5-4-6-13(11)23-15(19-14(21-23)7-8-24-3)9-25-16-20-18-10-22(16)2/h4-6,10H,7-9H2,1-3H3. The van der Waals surface area contributed by atoms with Crippen LogP contribution >= 0.6 is 23.4 Å². The number of aromatic nitrogens is 6. The van der Waals surface area contributed by atoms with E-state index in [1.165, 1.54) is 0 Å². The molecule has 9 heteroatoms. The molecule has 0 aliphatic heterocycles. The SMILES string of the molecule is COCCc1nc(CSc2nncn2C)n(-c2cccc(Cl)c2C)n1. The monoisotopic (exact) mass is 378 g/mol. The first-order chi connectivity index (χ1) is 12.1. The topological polar surface area (TPSA) is 70.7 Å². The molecule has 3 aromatic rings. The van der Waals surface area contributed by atoms with E-state index >= 15 is 0 Å². The van der Waals surface area contributed by atoms with Crippen molar-refractivity contribution < 1.29 is 4.74 Å². The summed E-state index contributed by atoms with van der Waals surface area (Å²) in [5, 5.41) is 14.2. The van der Waals surface area contributed by atoms with Crippen LogP contribution in [0.4, 0.5) is 0 Å². The van der Waals surface area contributed by atoms with Crippen LogP contribution in [0, 0.1) is 6.92 Å². The molecule has 2 heterocycles. The Morgan fingerprint density at radius 1 is 1.32 bits per heavy atom. The van der Waals surface area contributed by atoms with Crippen molar-refractivity contribution >= 4 is 23.4 Å². The maximum Gasteiger partial charge on any atom is 0.191 e. The molecule has 0 aliphatic carbocycles. The van der Waals surface area contributed by atoms with Crippen molar-refractivity contribution in [1.29, 1.82) is 0 Å². The fraction of sp³-hybridized carbons (Fsp3) is 0.375. The summed E-state index contributed by atoms with van der Waals surface area (Å²) in [6.45, 7) is 2.56. The van der Waals surface area contributed by atoms with Gasteiger partial charge in [0.15, 0.2) is 11.0 Å². The van der Waals surface area contributed by atoms with E-state index in [1.54, 1.807) is 25.2 Å². The molecule has 2 aromatic heterocycles. The van der Waals surface area contributed by atoms with Crippen molar-refractivity contribution in [2.24, 2.45) is 7.05 Å². The molecule has 0 amide bonds. The number of hydrogen-bond acceptors (Lipinski definition) is 6. The molecule has 0 saturated carbocycles. The fourth-order valence-electron chi connectivity index (χ4n) is 2.34. The van der Waals surface area contributed by atoms with Crippen LogP contribution in [0.1, 0.15) is 17.2 Å². The number of benzene rings is 1. The van der Waals surface area contributed by atoms with Crippen LogP contribution in [0.5, 0.6) is 0 Å². The van der Waals surface area contributed by atoms with E-state index in [1.807, 2.05) is 41.4 Å². The van der Waals surface area contributed by atoms with E-state index in [-0.39, 0.29) is 0 Å². The van der Waals surface area contributed by atoms with Gasteiger partial charge in [-0.05, 0) is 24.6 Å². The first kappa shape index (κ1) is 17.9. The van der Waals surface area contributed by atoms with Gasteiger partial charge in [-0.25, -0.2) is 9.67 Å². The van der Waals surface area contributed by atoms with E-state index in [0.717, 1.165) is 28.1 Å². The summed E-state index contributed by atoms with van der Waals surface area (Å²) in [6.07, 6.45) is 2.34. The van der Waals surface area contributed by atoms with Crippen LogP contribution in [-0.4, -0.2) is 43.2 Å². The number of thioether (sulfide) groups is 1. The van der Waals surface area contributed by atoms with Gasteiger partial charge in [0.1, 0.15) is 12.2 Å². The largest absolute Gasteiger partial charge is 0.384 e. The molecule has 0 radical (unpaired) electrons. The molecule has 25 heavy (non-hydrogen) atoms. The number of rotatable bonds is 7. The molecule has 7 nitrogen and oxygen atoms in total. The third kappa shape index (κ3) is 4.02. The molecule has 0 atom stereocenters. The van der Waals surface area contributed by atoms with E-state index in [0.29, 0.717) is 23.8 Å². The number of methoxy groups -OCH3 is 1. The Bertz CT molecular complexity index is 862. The molecule has 0 aliphatic rings. The van der Waals surface area contributed by atoms with Gasteiger partial charge >= 0.3 is 0 Å². The minimum Gasteiger partial charge on any atom is -0.384 e. The molecule has 0 N–H and O–H groups in total. The first-order valence-electron chi connectivity index (χ1n) is 7.76. The number of hydrogen-bond donors (Lipinski definition) is 0. The van der Waals surface area contributed by atoms with Crippen LogP contribution < -0.4 is 0 Å². The predicted octanol–water partition coefficient (Wildman–Crippen LogP) is 2.84. The maximum absolute atomic E-state index is 6.28. The number of ether oxygens (including phenoxy) is 1. The lowest BCUT2D eigenvalue weighted by molar-refractivity contribution is 0.200. The quantitative estimate of drug-likeness (QED) is 0.589. The van der Waals surface area contributed by atoms with Crippen LogP contribution in [0.3, 0.4) is 0 Å². The highest BCUT2D eigenvalue weighted by atomic mass is 35.5. The number of aryl methyl sites for hydroxylation is 1. The molecule has 1 aromatic carbocycles. The third-order valence-electron chi connectivity index (χ3n) is 3.72. The summed E-state index contributed by atoms with van der Waals surface area (Å²) >= 11 is 7.84. The number of halogens is 1. The van der Waals surface area contributed by atoms with Crippen molar-refractivity contribution in [3.05, 3.63) is 46.8 Å². The van der Waals surface area contributed by atoms with E-state index in [2.05, 4.69) is 20.3 Å². The summed E-state index contributed by atoms with van der Waals surface area (Å²) in [6, 6.07) is 5.78. The van der Waals surface area contributed by atoms with Crippen molar-refractivity contribution in [3.8, 4) is 5.69 Å². The second-order valence-corrected chi connectivity index (χ2v) is 6.85. The second-order valence-electron chi connectivity index (χ2n) is 5.50. The minimum atomic E-state index is 0.578. The van der Waals surface area contributed by atoms with Crippen LogP contribution in [0.25, 0.3) is 5.69 Å². The molecule has 3 rings (SSSR count). The van der Waals surface area contributed by atoms with Gasteiger partial charge in [-0.2, -0.15) is 5.10 Å². The zero-order valence-electron chi connectivity index (χ0n) is 14.3. The van der Waals surface area contributed by atoms with E-state index in [9.17, 15) is 0 Å². The highest BCUT2D eigenvalue weighted by Gasteiger charge is 2.15. The van der Waals surface area contributed by atoms with Gasteiger partial charge in [-0.15, -0.1) is 10.2 Å². The molecule has 132 valence electrons. The van der Waals surface area contributed by atoms with Crippen LogP contribution in [0.2, 0.25) is 5.02 Å². The highest BCUT2D eigenvalue weighted by molar-refractivity contribution is 7.98. The Balaban J connectivity index is 1.93. The molecular weight excluding hydrogens is 360 g/mol. The maximum atomic E-state index is 6.28. The molecule has 0 fully saturated rings. The zero-order chi connectivity index (χ0) is 17.8. The van der Waals surface area contributed by atoms with Crippen molar-refractivity contribution in [2.45, 2.75) is 24.3 Å². The average molecular weight is 379 g/mol. The Morgan fingerprint density at radius 2 is 2.16 bits per heavy atom. The Hall–Kier alpha value is -1.90. The molecule has 0 bridgehead atoms. The summed E-state index contributed by atoms with van der Waals surface area (Å²) in [7, 11) is 3.58. The normalized spacial score (nSPS) is 11.2. The van der Waals surface area contributed by atoms with Gasteiger partial charge in [-0.3, -0.25) is 0 Å². The molecule has 0 saturated heterocycles. The van der Waals surface area contributed by atoms with Gasteiger partial charge in [0.05, 0.1) is 18.0 Å². The summed E-state index contributed by atoms with van der Waals surface area (Å²) in [5.41, 5.74) is 1.90. The molecule has 0 unspecified atom stereocenters. The van der Waals surface area contributed by atoms with Crippen LogP contribution in [0.15, 0.2) is 29.7 Å². The highest BCUT2D eigenvalue weighted by Crippen LogP contribution is 2.25. The van der Waals surface area contributed by atoms with Gasteiger partial charge in [0.25, 0.3) is 0 Å². The van der Waals surface area contributed by atoms with Gasteiger partial charge in [-0.1, -0.05) is 29.4 Å². The predicted molar refractivity (Wildman–Crippen MR) is 97.3 cm³/mol. The smallest absolute Gasteiger partial charge is 0.191 e. The van der Waals surface area contributed by atoms with Crippen molar-refractivity contribution in [3.63, 3.8) is 0 Å². The lowest BCUT2D eigenvalue weighted by Crippen LogP contribution is -2.05. The Morgan fingerprint density at radius 3 is 2.88 bits per heavy atom. The summed E-state index contributed by atoms with van der Waals surface area (Å²) in [4.78, 5) is 4.67. The van der Waals surface area contributed by atoms with Crippen LogP contribution in [-0.2, 0) is 24.0 Å². The fourth-order valence-corrected chi connectivity index (χ4v) is 3.31.